The van der Waals surface area contributed by atoms with Gasteiger partial charge >= 0.3 is 0 Å². The molecular formula is C18H36NO6P3. The van der Waals surface area contributed by atoms with Crippen LogP contribution >= 0.6 is 25.1 Å². The van der Waals surface area contributed by atoms with Crippen molar-refractivity contribution in [2.75, 3.05) is 39.8 Å². The standard InChI is InChI=1S/C18H36NO6P3/c1-16(2)10-20-26(7)23-13(16)19(14-17(3,4)11-21-27(8)24-14)15-18(5,6)12-22-28(9)25-15/h13-15H,10-12H2,1-9H3. The Labute approximate surface area is 173 Å². The van der Waals surface area contributed by atoms with Gasteiger partial charge < -0.3 is 27.1 Å². The van der Waals surface area contributed by atoms with Crippen molar-refractivity contribution in [2.24, 2.45) is 16.2 Å². The summed E-state index contributed by atoms with van der Waals surface area (Å²) < 4.78 is 37.1. The maximum absolute atomic E-state index is 6.47. The monoisotopic (exact) mass is 455 g/mol. The lowest BCUT2D eigenvalue weighted by Crippen LogP contribution is -2.66. The quantitative estimate of drug-likeness (QED) is 0.535. The third kappa shape index (κ3) is 4.91. The minimum Gasteiger partial charge on any atom is -0.333 e. The van der Waals surface area contributed by atoms with Crippen LogP contribution in [0.15, 0.2) is 0 Å². The van der Waals surface area contributed by atoms with Crippen molar-refractivity contribution < 1.29 is 27.1 Å². The third-order valence-electron chi connectivity index (χ3n) is 5.42. The lowest BCUT2D eigenvalue weighted by molar-refractivity contribution is -0.264. The molecule has 0 aromatic carbocycles. The van der Waals surface area contributed by atoms with Crippen molar-refractivity contribution in [1.29, 1.82) is 0 Å². The van der Waals surface area contributed by atoms with Crippen LogP contribution in [0, 0.1) is 16.2 Å². The third-order valence-corrected chi connectivity index (χ3v) is 8.39. The van der Waals surface area contributed by atoms with Gasteiger partial charge in [0.15, 0.2) is 25.1 Å². The van der Waals surface area contributed by atoms with Crippen molar-refractivity contribution in [3.05, 3.63) is 0 Å². The molecule has 0 aliphatic carbocycles. The van der Waals surface area contributed by atoms with Gasteiger partial charge in [-0.25, -0.2) is 4.90 Å². The van der Waals surface area contributed by atoms with Gasteiger partial charge in [0.2, 0.25) is 0 Å². The maximum atomic E-state index is 6.47. The highest BCUT2D eigenvalue weighted by Crippen LogP contribution is 2.57. The Hall–Kier alpha value is 1.01. The van der Waals surface area contributed by atoms with E-state index < -0.39 is 25.1 Å². The zero-order valence-electron chi connectivity index (χ0n) is 18.6. The first-order valence-electron chi connectivity index (χ1n) is 9.71. The largest absolute Gasteiger partial charge is 0.333 e. The summed E-state index contributed by atoms with van der Waals surface area (Å²) in [5.41, 5.74) is -0.633. The van der Waals surface area contributed by atoms with E-state index in [1.54, 1.807) is 0 Å². The molecule has 10 heteroatoms. The smallest absolute Gasteiger partial charge is 0.168 e. The summed E-state index contributed by atoms with van der Waals surface area (Å²) in [4.78, 5) is 2.34. The zero-order valence-corrected chi connectivity index (χ0v) is 21.3. The van der Waals surface area contributed by atoms with Crippen molar-refractivity contribution in [2.45, 2.75) is 60.2 Å². The second-order valence-corrected chi connectivity index (χ2v) is 14.0. The molecule has 6 atom stereocenters. The molecule has 0 amide bonds. The number of rotatable bonds is 3. The molecule has 0 saturated carbocycles. The van der Waals surface area contributed by atoms with Gasteiger partial charge in [0.05, 0.1) is 19.8 Å². The second kappa shape index (κ2) is 8.51. The minimum absolute atomic E-state index is 0.186. The summed E-state index contributed by atoms with van der Waals surface area (Å²) in [6.07, 6.45) is -0.559. The Morgan fingerprint density at radius 3 is 1.07 bits per heavy atom. The second-order valence-electron chi connectivity index (χ2n) is 9.93. The molecule has 3 aliphatic heterocycles. The van der Waals surface area contributed by atoms with E-state index >= 15 is 0 Å². The Morgan fingerprint density at radius 1 is 0.571 bits per heavy atom. The van der Waals surface area contributed by atoms with Crippen LogP contribution in [0.5, 0.6) is 0 Å². The normalized spacial score (nSPS) is 43.1. The highest BCUT2D eigenvalue weighted by molar-refractivity contribution is 7.46. The molecule has 0 radical (unpaired) electrons. The molecule has 28 heavy (non-hydrogen) atoms. The summed E-state index contributed by atoms with van der Waals surface area (Å²) in [5, 5.41) is 0. The van der Waals surface area contributed by atoms with E-state index in [1.165, 1.54) is 0 Å². The average Bonchev–Trinajstić information content (AvgIpc) is 2.58. The number of nitrogens with zero attached hydrogens (tertiary/aromatic N) is 1. The van der Waals surface area contributed by atoms with E-state index in [0.717, 1.165) is 0 Å². The first kappa shape index (κ1) is 23.7. The fourth-order valence-corrected chi connectivity index (χ4v) is 7.42. The van der Waals surface area contributed by atoms with Crippen LogP contribution in [0.4, 0.5) is 0 Å². The van der Waals surface area contributed by atoms with Gasteiger partial charge in [-0.3, -0.25) is 0 Å². The van der Waals surface area contributed by atoms with Crippen LogP contribution < -0.4 is 0 Å². The summed E-state index contributed by atoms with van der Waals surface area (Å²) in [5.74, 6) is 0. The van der Waals surface area contributed by atoms with Gasteiger partial charge in [-0.05, 0) is 0 Å². The molecule has 3 fully saturated rings. The molecule has 3 heterocycles. The Bertz CT molecular complexity index is 487. The molecular weight excluding hydrogens is 419 g/mol. The SMILES string of the molecule is CP1OCC(C)(C)C(N(C2OP(C)OCC2(C)C)C2OP(C)OCC2(C)C)O1. The van der Waals surface area contributed by atoms with E-state index in [1.807, 2.05) is 20.0 Å². The molecule has 3 rings (SSSR count). The zero-order chi connectivity index (χ0) is 20.9. The van der Waals surface area contributed by atoms with E-state index in [9.17, 15) is 0 Å². The van der Waals surface area contributed by atoms with E-state index in [4.69, 9.17) is 27.1 Å². The van der Waals surface area contributed by atoms with Crippen LogP contribution in [0.2, 0.25) is 0 Å². The lowest BCUT2D eigenvalue weighted by Gasteiger charge is -2.58. The van der Waals surface area contributed by atoms with Gasteiger partial charge in [0.1, 0.15) is 18.7 Å². The van der Waals surface area contributed by atoms with E-state index in [-0.39, 0.29) is 34.9 Å². The van der Waals surface area contributed by atoms with Gasteiger partial charge in [-0.2, -0.15) is 0 Å². The highest BCUT2D eigenvalue weighted by atomic mass is 31.2. The Balaban J connectivity index is 2.05. The first-order chi connectivity index (χ1) is 12.8. The molecule has 0 bridgehead atoms. The van der Waals surface area contributed by atoms with Crippen LogP contribution in [0.1, 0.15) is 41.5 Å². The molecule has 0 aromatic heterocycles. The van der Waals surface area contributed by atoms with Crippen LogP contribution in [-0.2, 0) is 27.1 Å². The molecule has 7 nitrogen and oxygen atoms in total. The molecule has 0 aromatic rings. The van der Waals surface area contributed by atoms with Crippen LogP contribution in [-0.4, -0.2) is 63.4 Å². The summed E-state index contributed by atoms with van der Waals surface area (Å²) >= 11 is 0. The average molecular weight is 455 g/mol. The molecule has 3 aliphatic rings. The first-order valence-corrected chi connectivity index (χ1v) is 14.6. The summed E-state index contributed by atoms with van der Waals surface area (Å²) in [6, 6.07) is 0. The van der Waals surface area contributed by atoms with Crippen molar-refractivity contribution >= 4 is 25.1 Å². The van der Waals surface area contributed by atoms with Crippen LogP contribution in [0.25, 0.3) is 0 Å². The molecule has 6 unspecified atom stereocenters. The van der Waals surface area contributed by atoms with Crippen molar-refractivity contribution in [3.63, 3.8) is 0 Å². The van der Waals surface area contributed by atoms with Gasteiger partial charge in [0.25, 0.3) is 0 Å². The molecule has 3 saturated heterocycles. The fourth-order valence-electron chi connectivity index (χ4n) is 3.67. The van der Waals surface area contributed by atoms with E-state index in [2.05, 4.69) is 46.4 Å². The predicted octanol–water partition coefficient (Wildman–Crippen LogP) is 5.31. The molecule has 0 N–H and O–H groups in total. The Morgan fingerprint density at radius 2 is 0.821 bits per heavy atom. The van der Waals surface area contributed by atoms with Gasteiger partial charge in [-0.1, -0.05) is 41.5 Å². The lowest BCUT2D eigenvalue weighted by atomic mass is 9.83. The van der Waals surface area contributed by atoms with Crippen molar-refractivity contribution in [3.8, 4) is 0 Å². The fraction of sp³-hybridized carbons (Fsp3) is 1.00. The molecule has 164 valence electrons. The Kier molecular flexibility index (Phi) is 7.19. The predicted molar refractivity (Wildman–Crippen MR) is 114 cm³/mol. The van der Waals surface area contributed by atoms with Gasteiger partial charge in [0, 0.05) is 36.2 Å². The topological polar surface area (TPSA) is 58.6 Å². The van der Waals surface area contributed by atoms with Crippen molar-refractivity contribution in [1.82, 2.24) is 4.90 Å². The number of hydrogen-bond donors (Lipinski definition) is 0. The summed E-state index contributed by atoms with van der Waals surface area (Å²) in [7, 11) is -2.86. The van der Waals surface area contributed by atoms with Gasteiger partial charge in [-0.15, -0.1) is 0 Å². The highest BCUT2D eigenvalue weighted by Gasteiger charge is 2.56. The number of hydrogen-bond acceptors (Lipinski definition) is 7. The molecule has 0 spiro atoms. The maximum Gasteiger partial charge on any atom is 0.168 e. The van der Waals surface area contributed by atoms with E-state index in [0.29, 0.717) is 19.8 Å². The minimum atomic E-state index is -0.952. The summed E-state index contributed by atoms with van der Waals surface area (Å²) in [6.45, 7) is 21.1. The van der Waals surface area contributed by atoms with Crippen LogP contribution in [0.3, 0.4) is 0 Å².